The summed E-state index contributed by atoms with van der Waals surface area (Å²) in [5.41, 5.74) is 0.375. The van der Waals surface area contributed by atoms with E-state index in [1.54, 1.807) is 38.5 Å². The van der Waals surface area contributed by atoms with E-state index in [1.165, 1.54) is 15.6 Å². The van der Waals surface area contributed by atoms with Crippen molar-refractivity contribution in [3.63, 3.8) is 0 Å². The first-order valence-corrected chi connectivity index (χ1v) is 9.31. The first-order chi connectivity index (χ1) is 14.2. The molecular weight excluding hydrogens is 386 g/mol. The third-order valence-electron chi connectivity index (χ3n) is 4.64. The Kier molecular flexibility index (Phi) is 4.49. The summed E-state index contributed by atoms with van der Waals surface area (Å²) in [5, 5.41) is 7.54. The maximum absolute atomic E-state index is 13.2. The molecule has 0 unspecified atom stereocenters. The SMILES string of the molecule is Cc1oc2ncn(C)c(=O)c2c1C(=O)Nc1cc(C(C)(C)C)nn1-c1ncccn1. The molecule has 0 aliphatic heterocycles. The van der Waals surface area contributed by atoms with Crippen molar-refractivity contribution in [1.82, 2.24) is 29.3 Å². The molecule has 0 aliphatic rings. The zero-order chi connectivity index (χ0) is 21.6. The lowest BCUT2D eigenvalue weighted by Crippen LogP contribution is -2.21. The summed E-state index contributed by atoms with van der Waals surface area (Å²) in [6.07, 6.45) is 4.54. The van der Waals surface area contributed by atoms with E-state index in [0.29, 0.717) is 17.5 Å². The van der Waals surface area contributed by atoms with Crippen LogP contribution in [0.3, 0.4) is 0 Å². The number of nitrogens with one attached hydrogen (secondary N) is 1. The van der Waals surface area contributed by atoms with E-state index in [4.69, 9.17) is 4.42 Å². The highest BCUT2D eigenvalue weighted by Crippen LogP contribution is 2.27. The summed E-state index contributed by atoms with van der Waals surface area (Å²) in [6, 6.07) is 3.46. The lowest BCUT2D eigenvalue weighted by atomic mass is 9.92. The molecule has 154 valence electrons. The molecule has 10 nitrogen and oxygen atoms in total. The number of fused-ring (bicyclic) bond motifs is 1. The van der Waals surface area contributed by atoms with Crippen molar-refractivity contribution < 1.29 is 9.21 Å². The highest BCUT2D eigenvalue weighted by Gasteiger charge is 2.26. The van der Waals surface area contributed by atoms with Gasteiger partial charge in [0.1, 0.15) is 23.3 Å². The Labute approximate surface area is 171 Å². The van der Waals surface area contributed by atoms with Gasteiger partial charge in [0.15, 0.2) is 0 Å². The van der Waals surface area contributed by atoms with Gasteiger partial charge in [-0.15, -0.1) is 0 Å². The van der Waals surface area contributed by atoms with Crippen molar-refractivity contribution >= 4 is 22.8 Å². The summed E-state index contributed by atoms with van der Waals surface area (Å²) in [6.45, 7) is 7.66. The van der Waals surface area contributed by atoms with E-state index >= 15 is 0 Å². The number of anilines is 1. The van der Waals surface area contributed by atoms with E-state index in [-0.39, 0.29) is 27.6 Å². The number of hydrogen-bond acceptors (Lipinski definition) is 7. The minimum absolute atomic E-state index is 0.121. The van der Waals surface area contributed by atoms with Gasteiger partial charge in [-0.3, -0.25) is 9.59 Å². The van der Waals surface area contributed by atoms with E-state index < -0.39 is 5.91 Å². The molecule has 4 aromatic rings. The molecule has 1 N–H and O–H groups in total. The van der Waals surface area contributed by atoms with E-state index in [9.17, 15) is 9.59 Å². The third kappa shape index (κ3) is 3.25. The molecule has 0 atom stereocenters. The minimum Gasteiger partial charge on any atom is -0.442 e. The molecule has 0 bridgehead atoms. The normalized spacial score (nSPS) is 11.8. The number of rotatable bonds is 3. The second-order valence-corrected chi connectivity index (χ2v) is 7.95. The maximum atomic E-state index is 13.2. The molecule has 0 aromatic carbocycles. The minimum atomic E-state index is -0.506. The average molecular weight is 407 g/mol. The van der Waals surface area contributed by atoms with Gasteiger partial charge in [0.2, 0.25) is 5.71 Å². The van der Waals surface area contributed by atoms with Gasteiger partial charge < -0.3 is 14.3 Å². The van der Waals surface area contributed by atoms with Crippen LogP contribution in [0, 0.1) is 6.92 Å². The van der Waals surface area contributed by atoms with Gasteiger partial charge in [-0.1, -0.05) is 20.8 Å². The van der Waals surface area contributed by atoms with Crippen LogP contribution in [0.4, 0.5) is 5.82 Å². The van der Waals surface area contributed by atoms with E-state index in [1.807, 2.05) is 20.8 Å². The molecule has 0 saturated carbocycles. The van der Waals surface area contributed by atoms with Crippen LogP contribution in [-0.2, 0) is 12.5 Å². The molecule has 0 aliphatic carbocycles. The number of aromatic nitrogens is 6. The van der Waals surface area contributed by atoms with Gasteiger partial charge in [0, 0.05) is 30.9 Å². The summed E-state index contributed by atoms with van der Waals surface area (Å²) < 4.78 is 8.30. The molecular formula is C20H21N7O3. The standard InChI is InChI=1S/C20H21N7O3/c1-11-14(15-17(30-11)23-10-26(5)18(15)29)16(28)24-13-9-12(20(2,3)4)25-27(13)19-21-7-6-8-22-19/h6-10H,1-5H3,(H,24,28). The van der Waals surface area contributed by atoms with Gasteiger partial charge in [-0.2, -0.15) is 9.78 Å². The van der Waals surface area contributed by atoms with Crippen molar-refractivity contribution in [1.29, 1.82) is 0 Å². The Morgan fingerprint density at radius 1 is 1.17 bits per heavy atom. The fourth-order valence-electron chi connectivity index (χ4n) is 3.03. The predicted molar refractivity (Wildman–Crippen MR) is 110 cm³/mol. The van der Waals surface area contributed by atoms with Crippen molar-refractivity contribution in [2.45, 2.75) is 33.1 Å². The van der Waals surface area contributed by atoms with Gasteiger partial charge in [-0.25, -0.2) is 15.0 Å². The number of hydrogen-bond donors (Lipinski definition) is 1. The summed E-state index contributed by atoms with van der Waals surface area (Å²) in [5.74, 6) is 0.491. The molecule has 0 saturated heterocycles. The van der Waals surface area contributed by atoms with E-state index in [0.717, 1.165) is 5.69 Å². The van der Waals surface area contributed by atoms with Crippen LogP contribution in [0.5, 0.6) is 0 Å². The molecule has 4 aromatic heterocycles. The van der Waals surface area contributed by atoms with Gasteiger partial charge in [0.25, 0.3) is 17.4 Å². The number of aryl methyl sites for hydroxylation is 2. The van der Waals surface area contributed by atoms with Crippen molar-refractivity contribution in [2.24, 2.45) is 7.05 Å². The number of furan rings is 1. The Morgan fingerprint density at radius 2 is 1.87 bits per heavy atom. The van der Waals surface area contributed by atoms with Crippen LogP contribution < -0.4 is 10.9 Å². The monoisotopic (exact) mass is 407 g/mol. The largest absolute Gasteiger partial charge is 0.442 e. The van der Waals surface area contributed by atoms with Crippen LogP contribution in [0.25, 0.3) is 17.0 Å². The summed E-state index contributed by atoms with van der Waals surface area (Å²) in [4.78, 5) is 38.3. The predicted octanol–water partition coefficient (Wildman–Crippen LogP) is 2.36. The number of carbonyl (C=O) groups is 1. The van der Waals surface area contributed by atoms with Crippen LogP contribution in [-0.4, -0.2) is 35.2 Å². The molecule has 0 fully saturated rings. The van der Waals surface area contributed by atoms with Crippen molar-refractivity contribution in [2.75, 3.05) is 5.32 Å². The fourth-order valence-corrected chi connectivity index (χ4v) is 3.03. The number of amides is 1. The van der Waals surface area contributed by atoms with Gasteiger partial charge in [0.05, 0.1) is 11.3 Å². The molecule has 0 spiro atoms. The van der Waals surface area contributed by atoms with Gasteiger partial charge in [-0.05, 0) is 13.0 Å². The highest BCUT2D eigenvalue weighted by molar-refractivity contribution is 6.12. The van der Waals surface area contributed by atoms with Crippen LogP contribution in [0.1, 0.15) is 42.6 Å². The molecule has 4 heterocycles. The Hall–Kier alpha value is -3.82. The smallest absolute Gasteiger partial charge is 0.265 e. The first-order valence-electron chi connectivity index (χ1n) is 9.31. The molecule has 4 rings (SSSR count). The second kappa shape index (κ2) is 6.90. The zero-order valence-corrected chi connectivity index (χ0v) is 17.3. The third-order valence-corrected chi connectivity index (χ3v) is 4.64. The zero-order valence-electron chi connectivity index (χ0n) is 17.3. The first kappa shape index (κ1) is 19.5. The molecule has 30 heavy (non-hydrogen) atoms. The Balaban J connectivity index is 1.82. The van der Waals surface area contributed by atoms with Crippen molar-refractivity contribution in [3.05, 3.63) is 58.2 Å². The fraction of sp³-hybridized carbons (Fsp3) is 0.300. The summed E-state index contributed by atoms with van der Waals surface area (Å²) >= 11 is 0. The van der Waals surface area contributed by atoms with Crippen LogP contribution in [0.15, 0.2) is 40.1 Å². The summed E-state index contributed by atoms with van der Waals surface area (Å²) in [7, 11) is 1.57. The van der Waals surface area contributed by atoms with E-state index in [2.05, 4.69) is 25.4 Å². The quantitative estimate of drug-likeness (QED) is 0.553. The van der Waals surface area contributed by atoms with Crippen molar-refractivity contribution in [3.8, 4) is 5.95 Å². The average Bonchev–Trinajstić information content (AvgIpc) is 3.26. The van der Waals surface area contributed by atoms with Crippen LogP contribution in [0.2, 0.25) is 0 Å². The van der Waals surface area contributed by atoms with Gasteiger partial charge >= 0.3 is 0 Å². The molecule has 0 radical (unpaired) electrons. The molecule has 10 heteroatoms. The Morgan fingerprint density at radius 3 is 2.53 bits per heavy atom. The topological polar surface area (TPSA) is 121 Å². The molecule has 1 amide bonds. The lowest BCUT2D eigenvalue weighted by Gasteiger charge is -2.13. The maximum Gasteiger partial charge on any atom is 0.265 e. The highest BCUT2D eigenvalue weighted by atomic mass is 16.3. The van der Waals surface area contributed by atoms with Crippen LogP contribution >= 0.6 is 0 Å². The lowest BCUT2D eigenvalue weighted by molar-refractivity contribution is 0.102. The second-order valence-electron chi connectivity index (χ2n) is 7.95. The number of nitrogens with zero attached hydrogens (tertiary/aromatic N) is 6. The Bertz CT molecular complexity index is 1310. The number of carbonyl (C=O) groups excluding carboxylic acids is 1.